The maximum Gasteiger partial charge on any atom is 0.274 e. The Bertz CT molecular complexity index is 1040. The van der Waals surface area contributed by atoms with E-state index in [1.165, 1.54) is 6.20 Å². The van der Waals surface area contributed by atoms with Crippen molar-refractivity contribution in [2.75, 3.05) is 23.8 Å². The molecule has 0 atom stereocenters. The van der Waals surface area contributed by atoms with Gasteiger partial charge in [0.1, 0.15) is 18.9 Å². The number of aryl methyl sites for hydroxylation is 1. The van der Waals surface area contributed by atoms with E-state index >= 15 is 0 Å². The van der Waals surface area contributed by atoms with Gasteiger partial charge in [-0.1, -0.05) is 11.6 Å². The number of nitrogens with one attached hydrogen (secondary N) is 2. The number of amides is 1. The molecule has 3 aromatic rings. The van der Waals surface area contributed by atoms with Crippen molar-refractivity contribution >= 4 is 34.8 Å². The molecular weight excluding hydrogens is 380 g/mol. The van der Waals surface area contributed by atoms with Gasteiger partial charge in [0.15, 0.2) is 11.5 Å². The van der Waals surface area contributed by atoms with Crippen molar-refractivity contribution in [2.45, 2.75) is 6.92 Å². The maximum atomic E-state index is 12.5. The van der Waals surface area contributed by atoms with Gasteiger partial charge in [0.25, 0.3) is 5.91 Å². The third kappa shape index (κ3) is 3.99. The van der Waals surface area contributed by atoms with Crippen LogP contribution in [0.3, 0.4) is 0 Å². The Morgan fingerprint density at radius 2 is 1.89 bits per heavy atom. The maximum absolute atomic E-state index is 12.5. The number of hydrogen-bond acceptors (Lipinski definition) is 6. The fourth-order valence-electron chi connectivity index (χ4n) is 2.75. The first-order chi connectivity index (χ1) is 13.6. The topological polar surface area (TPSA) is 85.4 Å². The average molecular weight is 397 g/mol. The van der Waals surface area contributed by atoms with Gasteiger partial charge in [0.05, 0.1) is 0 Å². The van der Waals surface area contributed by atoms with Crippen LogP contribution in [0.5, 0.6) is 11.5 Å². The molecule has 2 heterocycles. The molecule has 0 saturated carbocycles. The summed E-state index contributed by atoms with van der Waals surface area (Å²) < 4.78 is 11.1. The Labute approximate surface area is 166 Å². The third-order valence-electron chi connectivity index (χ3n) is 4.12. The number of halogens is 1. The summed E-state index contributed by atoms with van der Waals surface area (Å²) in [4.78, 5) is 21.0. The molecule has 1 aliphatic rings. The van der Waals surface area contributed by atoms with Crippen molar-refractivity contribution in [1.82, 2.24) is 9.97 Å². The number of benzene rings is 2. The molecule has 142 valence electrons. The number of carbonyl (C=O) groups is 1. The second-order valence-corrected chi connectivity index (χ2v) is 6.60. The minimum absolute atomic E-state index is 0.240. The fourth-order valence-corrected chi connectivity index (χ4v) is 2.98. The van der Waals surface area contributed by atoms with Crippen LogP contribution in [-0.4, -0.2) is 29.1 Å². The second-order valence-electron chi connectivity index (χ2n) is 6.16. The molecule has 7 nitrogen and oxygen atoms in total. The first-order valence-corrected chi connectivity index (χ1v) is 9.03. The molecule has 0 saturated heterocycles. The molecule has 1 aliphatic heterocycles. The highest BCUT2D eigenvalue weighted by molar-refractivity contribution is 6.30. The lowest BCUT2D eigenvalue weighted by Crippen LogP contribution is -2.16. The zero-order valence-corrected chi connectivity index (χ0v) is 15.8. The van der Waals surface area contributed by atoms with Crippen molar-refractivity contribution in [2.24, 2.45) is 0 Å². The summed E-state index contributed by atoms with van der Waals surface area (Å²) in [6.45, 7) is 2.91. The van der Waals surface area contributed by atoms with Crippen LogP contribution in [0.1, 0.15) is 16.1 Å². The van der Waals surface area contributed by atoms with Crippen LogP contribution in [-0.2, 0) is 0 Å². The Balaban J connectivity index is 1.50. The standard InChI is InChI=1S/C20H17ClN4O3/c1-12-10-13(21)2-4-15(12)24-19(26)16-6-7-22-20(25-16)23-14-3-5-17-18(11-14)28-9-8-27-17/h2-7,10-11H,8-9H2,1H3,(H,24,26)(H,22,23,25). The van der Waals surface area contributed by atoms with Crippen LogP contribution in [0.4, 0.5) is 17.3 Å². The van der Waals surface area contributed by atoms with E-state index in [0.717, 1.165) is 11.3 Å². The zero-order chi connectivity index (χ0) is 19.5. The predicted molar refractivity (Wildman–Crippen MR) is 107 cm³/mol. The molecule has 0 spiro atoms. The van der Waals surface area contributed by atoms with E-state index in [0.29, 0.717) is 41.4 Å². The molecule has 0 radical (unpaired) electrons. The van der Waals surface area contributed by atoms with Gasteiger partial charge in [-0.05, 0) is 48.9 Å². The summed E-state index contributed by atoms with van der Waals surface area (Å²) in [6, 6.07) is 12.3. The smallest absolute Gasteiger partial charge is 0.274 e. The van der Waals surface area contributed by atoms with E-state index in [1.54, 1.807) is 24.3 Å². The fraction of sp³-hybridized carbons (Fsp3) is 0.150. The Morgan fingerprint density at radius 3 is 2.71 bits per heavy atom. The van der Waals surface area contributed by atoms with Gasteiger partial charge < -0.3 is 20.1 Å². The van der Waals surface area contributed by atoms with Gasteiger partial charge in [0.2, 0.25) is 5.95 Å². The first-order valence-electron chi connectivity index (χ1n) is 8.66. The number of fused-ring (bicyclic) bond motifs is 1. The van der Waals surface area contributed by atoms with Gasteiger partial charge in [-0.15, -0.1) is 0 Å². The number of anilines is 3. The highest BCUT2D eigenvalue weighted by Gasteiger charge is 2.14. The summed E-state index contributed by atoms with van der Waals surface area (Å²) in [6.07, 6.45) is 1.52. The predicted octanol–water partition coefficient (Wildman–Crippen LogP) is 4.21. The molecule has 2 aromatic carbocycles. The van der Waals surface area contributed by atoms with Crippen molar-refractivity contribution in [3.8, 4) is 11.5 Å². The van der Waals surface area contributed by atoms with Crippen LogP contribution in [0.15, 0.2) is 48.7 Å². The van der Waals surface area contributed by atoms with Gasteiger partial charge in [-0.2, -0.15) is 0 Å². The molecular formula is C20H17ClN4O3. The molecule has 0 fully saturated rings. The molecule has 8 heteroatoms. The van der Waals surface area contributed by atoms with Gasteiger partial charge in [-0.3, -0.25) is 4.79 Å². The van der Waals surface area contributed by atoms with E-state index in [9.17, 15) is 4.79 Å². The normalized spacial score (nSPS) is 12.4. The van der Waals surface area contributed by atoms with Crippen molar-refractivity contribution in [3.63, 3.8) is 0 Å². The van der Waals surface area contributed by atoms with E-state index in [2.05, 4.69) is 20.6 Å². The van der Waals surface area contributed by atoms with Gasteiger partial charge in [-0.25, -0.2) is 9.97 Å². The summed E-state index contributed by atoms with van der Waals surface area (Å²) >= 11 is 5.95. The highest BCUT2D eigenvalue weighted by atomic mass is 35.5. The summed E-state index contributed by atoms with van der Waals surface area (Å²) in [5, 5.41) is 6.52. The lowest BCUT2D eigenvalue weighted by molar-refractivity contribution is 0.102. The van der Waals surface area contributed by atoms with Crippen LogP contribution in [0.25, 0.3) is 0 Å². The summed E-state index contributed by atoms with van der Waals surface area (Å²) in [5.74, 6) is 1.32. The molecule has 1 aromatic heterocycles. The Morgan fingerprint density at radius 1 is 1.07 bits per heavy atom. The number of hydrogen-bond donors (Lipinski definition) is 2. The summed E-state index contributed by atoms with van der Waals surface area (Å²) in [7, 11) is 0. The lowest BCUT2D eigenvalue weighted by atomic mass is 10.2. The molecule has 0 unspecified atom stereocenters. The second kappa shape index (κ2) is 7.74. The van der Waals surface area contributed by atoms with Crippen molar-refractivity contribution in [1.29, 1.82) is 0 Å². The third-order valence-corrected chi connectivity index (χ3v) is 4.36. The van der Waals surface area contributed by atoms with Crippen molar-refractivity contribution < 1.29 is 14.3 Å². The zero-order valence-electron chi connectivity index (χ0n) is 15.0. The first kappa shape index (κ1) is 18.1. The molecule has 2 N–H and O–H groups in total. The number of aromatic nitrogens is 2. The monoisotopic (exact) mass is 396 g/mol. The minimum atomic E-state index is -0.335. The SMILES string of the molecule is Cc1cc(Cl)ccc1NC(=O)c1ccnc(Nc2ccc3c(c2)OCCO3)n1. The number of ether oxygens (including phenoxy) is 2. The van der Waals surface area contributed by atoms with E-state index in [1.807, 2.05) is 25.1 Å². The number of carbonyl (C=O) groups excluding carboxylic acids is 1. The van der Waals surface area contributed by atoms with Crippen LogP contribution < -0.4 is 20.1 Å². The van der Waals surface area contributed by atoms with Crippen LogP contribution in [0, 0.1) is 6.92 Å². The minimum Gasteiger partial charge on any atom is -0.486 e. The summed E-state index contributed by atoms with van der Waals surface area (Å²) in [5.41, 5.74) is 2.51. The molecule has 28 heavy (non-hydrogen) atoms. The average Bonchev–Trinajstić information content (AvgIpc) is 2.70. The molecule has 4 rings (SSSR count). The van der Waals surface area contributed by atoms with Gasteiger partial charge >= 0.3 is 0 Å². The number of nitrogens with zero attached hydrogens (tertiary/aromatic N) is 2. The van der Waals surface area contributed by atoms with E-state index in [4.69, 9.17) is 21.1 Å². The van der Waals surface area contributed by atoms with E-state index < -0.39 is 0 Å². The lowest BCUT2D eigenvalue weighted by Gasteiger charge is -2.19. The quantitative estimate of drug-likeness (QED) is 0.687. The Kier molecular flexibility index (Phi) is 4.99. The number of rotatable bonds is 4. The van der Waals surface area contributed by atoms with E-state index in [-0.39, 0.29) is 11.6 Å². The molecule has 0 aliphatic carbocycles. The van der Waals surface area contributed by atoms with Crippen LogP contribution in [0.2, 0.25) is 5.02 Å². The molecule has 0 bridgehead atoms. The highest BCUT2D eigenvalue weighted by Crippen LogP contribution is 2.33. The van der Waals surface area contributed by atoms with Crippen LogP contribution >= 0.6 is 11.6 Å². The Hall–Kier alpha value is -3.32. The molecule has 1 amide bonds. The van der Waals surface area contributed by atoms with Crippen molar-refractivity contribution in [3.05, 3.63) is 64.9 Å². The van der Waals surface area contributed by atoms with Gasteiger partial charge in [0, 0.05) is 28.7 Å². The largest absolute Gasteiger partial charge is 0.486 e.